The Bertz CT molecular complexity index is 211. The first-order valence-corrected chi connectivity index (χ1v) is 7.71. The van der Waals surface area contributed by atoms with Crippen molar-refractivity contribution in [2.75, 3.05) is 26.7 Å². The van der Waals surface area contributed by atoms with E-state index in [1.165, 1.54) is 25.7 Å². The lowest BCUT2D eigenvalue weighted by molar-refractivity contribution is 0.142. The van der Waals surface area contributed by atoms with E-state index in [0.29, 0.717) is 6.04 Å². The van der Waals surface area contributed by atoms with Crippen molar-refractivity contribution in [1.82, 2.24) is 10.2 Å². The molecule has 0 aromatic heterocycles. The zero-order valence-electron chi connectivity index (χ0n) is 12.5. The first-order valence-electron chi connectivity index (χ1n) is 7.71. The van der Waals surface area contributed by atoms with Crippen molar-refractivity contribution in [2.45, 2.75) is 64.5 Å². The Morgan fingerprint density at radius 3 is 2.78 bits per heavy atom. The highest BCUT2D eigenvalue weighted by molar-refractivity contribution is 4.80. The molecule has 108 valence electrons. The maximum absolute atomic E-state index is 9.14. The van der Waals surface area contributed by atoms with Gasteiger partial charge in [-0.15, -0.1) is 0 Å². The van der Waals surface area contributed by atoms with Crippen molar-refractivity contribution in [2.24, 2.45) is 5.92 Å². The third-order valence-electron chi connectivity index (χ3n) is 4.20. The van der Waals surface area contributed by atoms with Crippen molar-refractivity contribution >= 4 is 0 Å². The van der Waals surface area contributed by atoms with E-state index in [1.54, 1.807) is 0 Å². The van der Waals surface area contributed by atoms with Crippen LogP contribution in [-0.4, -0.2) is 48.8 Å². The topological polar surface area (TPSA) is 35.5 Å². The molecule has 0 heterocycles. The van der Waals surface area contributed by atoms with Crippen molar-refractivity contribution in [3.63, 3.8) is 0 Å². The van der Waals surface area contributed by atoms with Crippen LogP contribution in [0.4, 0.5) is 0 Å². The molecule has 1 rings (SSSR count). The predicted molar refractivity (Wildman–Crippen MR) is 77.8 cm³/mol. The molecule has 2 N–H and O–H groups in total. The van der Waals surface area contributed by atoms with Gasteiger partial charge >= 0.3 is 0 Å². The van der Waals surface area contributed by atoms with Crippen molar-refractivity contribution in [3.8, 4) is 0 Å². The van der Waals surface area contributed by atoms with E-state index in [0.717, 1.165) is 37.9 Å². The van der Waals surface area contributed by atoms with Gasteiger partial charge < -0.3 is 15.3 Å². The first-order chi connectivity index (χ1) is 8.67. The van der Waals surface area contributed by atoms with Crippen LogP contribution in [0.5, 0.6) is 0 Å². The quantitative estimate of drug-likeness (QED) is 0.699. The Balaban J connectivity index is 2.36. The van der Waals surface area contributed by atoms with E-state index in [9.17, 15) is 0 Å². The Labute approximate surface area is 113 Å². The summed E-state index contributed by atoms with van der Waals surface area (Å²) in [5.74, 6) is 0.881. The fraction of sp³-hybridized carbons (Fsp3) is 1.00. The number of nitrogens with zero attached hydrogens (tertiary/aromatic N) is 1. The third-order valence-corrected chi connectivity index (χ3v) is 4.20. The summed E-state index contributed by atoms with van der Waals surface area (Å²) in [7, 11) is 2.25. The molecule has 1 aliphatic rings. The molecule has 1 saturated carbocycles. The van der Waals surface area contributed by atoms with Crippen LogP contribution in [0.25, 0.3) is 0 Å². The number of likely N-dealkylation sites (N-methyl/N-ethyl adjacent to an activating group) is 1. The molecule has 0 spiro atoms. The molecular formula is C15H32N2O. The lowest BCUT2D eigenvalue weighted by atomic mass is 9.86. The van der Waals surface area contributed by atoms with Crippen molar-refractivity contribution in [1.29, 1.82) is 0 Å². The second-order valence-corrected chi connectivity index (χ2v) is 6.03. The molecule has 3 atom stereocenters. The van der Waals surface area contributed by atoms with Gasteiger partial charge in [0.05, 0.1) is 0 Å². The van der Waals surface area contributed by atoms with Gasteiger partial charge in [0.25, 0.3) is 0 Å². The molecule has 3 nitrogen and oxygen atoms in total. The minimum Gasteiger partial charge on any atom is -0.396 e. The van der Waals surface area contributed by atoms with Gasteiger partial charge in [-0.1, -0.05) is 26.7 Å². The third kappa shape index (κ3) is 5.68. The van der Waals surface area contributed by atoms with Gasteiger partial charge in [0.2, 0.25) is 0 Å². The molecule has 0 bridgehead atoms. The SMILES string of the molecule is CCCNC(CCO)CN(C)C1CCCC(C)C1. The molecule has 0 saturated heterocycles. The molecular weight excluding hydrogens is 224 g/mol. The average molecular weight is 256 g/mol. The molecule has 3 unspecified atom stereocenters. The van der Waals surface area contributed by atoms with Crippen molar-refractivity contribution in [3.05, 3.63) is 0 Å². The number of hydrogen-bond donors (Lipinski definition) is 2. The highest BCUT2D eigenvalue weighted by Gasteiger charge is 2.23. The second-order valence-electron chi connectivity index (χ2n) is 6.03. The summed E-state index contributed by atoms with van der Waals surface area (Å²) in [6, 6.07) is 1.19. The van der Waals surface area contributed by atoms with Gasteiger partial charge in [0.15, 0.2) is 0 Å². The van der Waals surface area contributed by atoms with Crippen LogP contribution in [0, 0.1) is 5.92 Å². The number of aliphatic hydroxyl groups excluding tert-OH is 1. The average Bonchev–Trinajstić information content (AvgIpc) is 2.36. The number of nitrogens with one attached hydrogen (secondary N) is 1. The molecule has 0 amide bonds. The zero-order valence-corrected chi connectivity index (χ0v) is 12.5. The fourth-order valence-corrected chi connectivity index (χ4v) is 3.06. The largest absolute Gasteiger partial charge is 0.396 e. The van der Waals surface area contributed by atoms with Crippen LogP contribution < -0.4 is 5.32 Å². The van der Waals surface area contributed by atoms with Crippen molar-refractivity contribution < 1.29 is 5.11 Å². The van der Waals surface area contributed by atoms with Gasteiger partial charge in [-0.3, -0.25) is 0 Å². The van der Waals surface area contributed by atoms with Crippen LogP contribution in [-0.2, 0) is 0 Å². The smallest absolute Gasteiger partial charge is 0.0446 e. The Kier molecular flexibility index (Phi) is 7.87. The van der Waals surface area contributed by atoms with E-state index in [2.05, 4.69) is 31.1 Å². The van der Waals surface area contributed by atoms with E-state index in [1.807, 2.05) is 0 Å². The Morgan fingerprint density at radius 2 is 2.17 bits per heavy atom. The highest BCUT2D eigenvalue weighted by atomic mass is 16.3. The summed E-state index contributed by atoms with van der Waals surface area (Å²) in [5.41, 5.74) is 0. The molecule has 1 fully saturated rings. The number of rotatable bonds is 8. The second kappa shape index (κ2) is 8.89. The monoisotopic (exact) mass is 256 g/mol. The van der Waals surface area contributed by atoms with Crippen LogP contribution in [0.1, 0.15) is 52.4 Å². The minimum atomic E-state index is 0.288. The Hall–Kier alpha value is -0.120. The molecule has 0 aromatic rings. The lowest BCUT2D eigenvalue weighted by Crippen LogP contribution is -2.45. The van der Waals surface area contributed by atoms with Gasteiger partial charge in [0.1, 0.15) is 0 Å². The summed E-state index contributed by atoms with van der Waals surface area (Å²) < 4.78 is 0. The first kappa shape index (κ1) is 15.9. The highest BCUT2D eigenvalue weighted by Crippen LogP contribution is 2.26. The predicted octanol–water partition coefficient (Wildman–Crippen LogP) is 2.25. The molecule has 1 aliphatic carbocycles. The standard InChI is InChI=1S/C15H32N2O/c1-4-9-16-14(8-10-18)12-17(3)15-7-5-6-13(2)11-15/h13-16,18H,4-12H2,1-3H3. The van der Waals surface area contributed by atoms with E-state index in [4.69, 9.17) is 5.11 Å². The molecule has 3 heteroatoms. The molecule has 18 heavy (non-hydrogen) atoms. The van der Waals surface area contributed by atoms with E-state index in [-0.39, 0.29) is 6.61 Å². The Morgan fingerprint density at radius 1 is 1.39 bits per heavy atom. The van der Waals surface area contributed by atoms with Gasteiger partial charge in [-0.05, 0) is 45.2 Å². The van der Waals surface area contributed by atoms with Gasteiger partial charge in [0, 0.05) is 25.2 Å². The summed E-state index contributed by atoms with van der Waals surface area (Å²) in [6.07, 6.45) is 7.50. The molecule has 0 radical (unpaired) electrons. The summed E-state index contributed by atoms with van der Waals surface area (Å²) >= 11 is 0. The van der Waals surface area contributed by atoms with Gasteiger partial charge in [-0.25, -0.2) is 0 Å². The minimum absolute atomic E-state index is 0.288. The normalized spacial score (nSPS) is 26.5. The maximum atomic E-state index is 9.14. The van der Waals surface area contributed by atoms with Crippen LogP contribution >= 0.6 is 0 Å². The van der Waals surface area contributed by atoms with E-state index < -0.39 is 0 Å². The summed E-state index contributed by atoms with van der Waals surface area (Å²) in [4.78, 5) is 2.51. The molecule has 0 aromatic carbocycles. The van der Waals surface area contributed by atoms with E-state index >= 15 is 0 Å². The maximum Gasteiger partial charge on any atom is 0.0446 e. The summed E-state index contributed by atoms with van der Waals surface area (Å²) in [5, 5.41) is 12.7. The van der Waals surface area contributed by atoms with Crippen LogP contribution in [0.15, 0.2) is 0 Å². The summed E-state index contributed by atoms with van der Waals surface area (Å²) in [6.45, 7) is 6.98. The van der Waals surface area contributed by atoms with Crippen LogP contribution in [0.2, 0.25) is 0 Å². The van der Waals surface area contributed by atoms with Crippen LogP contribution in [0.3, 0.4) is 0 Å². The number of aliphatic hydroxyl groups is 1. The zero-order chi connectivity index (χ0) is 13.4. The lowest BCUT2D eigenvalue weighted by Gasteiger charge is -2.36. The number of hydrogen-bond acceptors (Lipinski definition) is 3. The fourth-order valence-electron chi connectivity index (χ4n) is 3.06. The van der Waals surface area contributed by atoms with Gasteiger partial charge in [-0.2, -0.15) is 0 Å². The molecule has 0 aliphatic heterocycles.